The molecule has 8 nitrogen and oxygen atoms in total. The smallest absolute Gasteiger partial charge is 0.326 e. The van der Waals surface area contributed by atoms with Crippen molar-refractivity contribution in [2.75, 3.05) is 6.54 Å². The highest BCUT2D eigenvalue weighted by Gasteiger charge is 2.38. The van der Waals surface area contributed by atoms with Gasteiger partial charge in [-0.05, 0) is 12.8 Å². The van der Waals surface area contributed by atoms with Crippen LogP contribution in [0.1, 0.15) is 32.6 Å². The Bertz CT molecular complexity index is 459. The van der Waals surface area contributed by atoms with Crippen molar-refractivity contribution in [1.82, 2.24) is 10.2 Å². The number of hydrogen-bond donors (Lipinski definition) is 3. The minimum Gasteiger partial charge on any atom is -0.480 e. The summed E-state index contributed by atoms with van der Waals surface area (Å²) in [7, 11) is 0. The van der Waals surface area contributed by atoms with Crippen LogP contribution < -0.4 is 5.32 Å². The number of aliphatic hydroxyl groups excluding tert-OH is 1. The van der Waals surface area contributed by atoms with E-state index in [0.29, 0.717) is 6.42 Å². The zero-order chi connectivity index (χ0) is 16.0. The van der Waals surface area contributed by atoms with E-state index in [9.17, 15) is 19.5 Å². The Balaban J connectivity index is 2.66. The zero-order valence-corrected chi connectivity index (χ0v) is 11.8. The van der Waals surface area contributed by atoms with E-state index in [-0.39, 0.29) is 31.7 Å². The maximum Gasteiger partial charge on any atom is 0.326 e. The van der Waals surface area contributed by atoms with Gasteiger partial charge in [-0.25, -0.2) is 4.79 Å². The van der Waals surface area contributed by atoms with Gasteiger partial charge in [0.1, 0.15) is 12.1 Å². The van der Waals surface area contributed by atoms with E-state index < -0.39 is 30.1 Å². The number of amides is 2. The molecule has 0 bridgehead atoms. The monoisotopic (exact) mass is 297 g/mol. The molecule has 8 heteroatoms. The van der Waals surface area contributed by atoms with Crippen molar-refractivity contribution in [3.63, 3.8) is 0 Å². The molecule has 0 spiro atoms. The van der Waals surface area contributed by atoms with Crippen LogP contribution in [0.5, 0.6) is 0 Å². The normalized spacial score (nSPS) is 22.4. The average Bonchev–Trinajstić information content (AvgIpc) is 2.80. The lowest BCUT2D eigenvalue weighted by Gasteiger charge is -2.24. The summed E-state index contributed by atoms with van der Waals surface area (Å²) in [5, 5.41) is 29.4. The van der Waals surface area contributed by atoms with Gasteiger partial charge in [-0.15, -0.1) is 0 Å². The molecule has 1 heterocycles. The van der Waals surface area contributed by atoms with Crippen molar-refractivity contribution in [2.24, 2.45) is 0 Å². The van der Waals surface area contributed by atoms with Crippen LogP contribution in [-0.2, 0) is 14.4 Å². The number of aliphatic hydroxyl groups is 1. The molecule has 0 aromatic heterocycles. The van der Waals surface area contributed by atoms with E-state index >= 15 is 0 Å². The number of carbonyl (C=O) groups excluding carboxylic acids is 2. The molecule has 0 aliphatic carbocycles. The molecule has 2 amide bonds. The second-order valence-corrected chi connectivity index (χ2v) is 5.03. The van der Waals surface area contributed by atoms with Crippen molar-refractivity contribution in [2.45, 2.75) is 50.8 Å². The molecule has 3 atom stereocenters. The molecular formula is C13H19N3O5. The highest BCUT2D eigenvalue weighted by Crippen LogP contribution is 2.18. The van der Waals surface area contributed by atoms with Crippen molar-refractivity contribution in [3.8, 4) is 6.07 Å². The summed E-state index contributed by atoms with van der Waals surface area (Å²) in [6.07, 6.45) is 0.0187. The van der Waals surface area contributed by atoms with Crippen molar-refractivity contribution >= 4 is 17.8 Å². The summed E-state index contributed by atoms with van der Waals surface area (Å²) < 4.78 is 0. The van der Waals surface area contributed by atoms with Crippen LogP contribution in [-0.4, -0.2) is 57.6 Å². The molecular weight excluding hydrogens is 278 g/mol. The Morgan fingerprint density at radius 2 is 2.14 bits per heavy atom. The first-order valence-electron chi connectivity index (χ1n) is 6.72. The summed E-state index contributed by atoms with van der Waals surface area (Å²) in [5.74, 6) is -2.12. The van der Waals surface area contributed by atoms with Gasteiger partial charge in [-0.3, -0.25) is 9.59 Å². The highest BCUT2D eigenvalue weighted by atomic mass is 16.4. The molecule has 21 heavy (non-hydrogen) atoms. The van der Waals surface area contributed by atoms with Gasteiger partial charge < -0.3 is 20.4 Å². The molecule has 116 valence electrons. The fourth-order valence-corrected chi connectivity index (χ4v) is 2.32. The van der Waals surface area contributed by atoms with Crippen LogP contribution in [0.2, 0.25) is 0 Å². The number of aliphatic carboxylic acids is 1. The minimum atomic E-state index is -1.19. The fraction of sp³-hybridized carbons (Fsp3) is 0.692. The van der Waals surface area contributed by atoms with Crippen molar-refractivity contribution < 1.29 is 24.6 Å². The van der Waals surface area contributed by atoms with Crippen LogP contribution in [0.15, 0.2) is 0 Å². The van der Waals surface area contributed by atoms with Gasteiger partial charge in [-0.1, -0.05) is 0 Å². The van der Waals surface area contributed by atoms with E-state index in [1.807, 2.05) is 6.07 Å². The highest BCUT2D eigenvalue weighted by molar-refractivity contribution is 5.90. The standard InChI is InChI=1S/C13H19N3O5/c1-8(17)16-7-9(18)6-11(16)12(19)15-10(13(20)21)4-2-3-5-14/h9-11,18H,2-4,6-7H2,1H3,(H,15,19)(H,20,21)/t9-,10-,11+/m1/s1. The first-order chi connectivity index (χ1) is 9.86. The zero-order valence-electron chi connectivity index (χ0n) is 11.8. The number of carboxylic acids is 1. The molecule has 0 saturated carbocycles. The van der Waals surface area contributed by atoms with Gasteiger partial charge in [0.25, 0.3) is 0 Å². The van der Waals surface area contributed by atoms with E-state index in [2.05, 4.69) is 5.32 Å². The largest absolute Gasteiger partial charge is 0.480 e. The molecule has 1 aliphatic heterocycles. The van der Waals surface area contributed by atoms with Crippen molar-refractivity contribution in [3.05, 3.63) is 0 Å². The molecule has 1 saturated heterocycles. The molecule has 0 aromatic carbocycles. The van der Waals surface area contributed by atoms with Gasteiger partial charge in [0.15, 0.2) is 0 Å². The third-order valence-corrected chi connectivity index (χ3v) is 3.38. The van der Waals surface area contributed by atoms with Gasteiger partial charge in [0.2, 0.25) is 11.8 Å². The fourth-order valence-electron chi connectivity index (χ4n) is 2.32. The summed E-state index contributed by atoms with van der Waals surface area (Å²) in [4.78, 5) is 35.9. The molecule has 1 rings (SSSR count). The molecule has 1 fully saturated rings. The van der Waals surface area contributed by atoms with Gasteiger partial charge in [-0.2, -0.15) is 5.26 Å². The lowest BCUT2D eigenvalue weighted by molar-refractivity contribution is -0.143. The number of carbonyl (C=O) groups is 3. The van der Waals surface area contributed by atoms with Crippen LogP contribution in [0.25, 0.3) is 0 Å². The molecule has 0 unspecified atom stereocenters. The number of rotatable bonds is 6. The number of unbranched alkanes of at least 4 members (excludes halogenated alkanes) is 1. The van der Waals surface area contributed by atoms with Crippen molar-refractivity contribution in [1.29, 1.82) is 5.26 Å². The average molecular weight is 297 g/mol. The summed E-state index contributed by atoms with van der Waals surface area (Å²) in [6, 6.07) is -0.0446. The number of nitrogens with zero attached hydrogens (tertiary/aromatic N) is 2. The molecule has 3 N–H and O–H groups in total. The lowest BCUT2D eigenvalue weighted by Crippen LogP contribution is -2.50. The van der Waals surface area contributed by atoms with Gasteiger partial charge in [0.05, 0.1) is 12.2 Å². The van der Waals surface area contributed by atoms with Crippen LogP contribution in [0, 0.1) is 11.3 Å². The number of likely N-dealkylation sites (tertiary alicyclic amines) is 1. The first kappa shape index (κ1) is 16.9. The first-order valence-corrected chi connectivity index (χ1v) is 6.72. The number of β-amino-alcohol motifs (C(OH)–C–C–N with tert-alkyl or cyclic N) is 1. The van der Waals surface area contributed by atoms with Gasteiger partial charge >= 0.3 is 5.97 Å². The number of carboxylic acid groups (broad SMARTS) is 1. The third-order valence-electron chi connectivity index (χ3n) is 3.38. The lowest BCUT2D eigenvalue weighted by atomic mass is 10.1. The second kappa shape index (κ2) is 7.59. The number of nitrogens with one attached hydrogen (secondary N) is 1. The van der Waals surface area contributed by atoms with Crippen LogP contribution >= 0.6 is 0 Å². The SMILES string of the molecule is CC(=O)N1C[C@H](O)C[C@H]1C(=O)N[C@H](CCCC#N)C(=O)O. The van der Waals surface area contributed by atoms with Crippen LogP contribution in [0.3, 0.4) is 0 Å². The van der Waals surface area contributed by atoms with E-state index in [4.69, 9.17) is 10.4 Å². The summed E-state index contributed by atoms with van der Waals surface area (Å²) in [6.45, 7) is 1.36. The molecule has 1 aliphatic rings. The predicted molar refractivity (Wildman–Crippen MR) is 70.8 cm³/mol. The summed E-state index contributed by atoms with van der Waals surface area (Å²) in [5.41, 5.74) is 0. The summed E-state index contributed by atoms with van der Waals surface area (Å²) >= 11 is 0. The van der Waals surface area contributed by atoms with E-state index in [1.54, 1.807) is 0 Å². The number of nitriles is 1. The van der Waals surface area contributed by atoms with E-state index in [1.165, 1.54) is 11.8 Å². The third kappa shape index (κ3) is 4.72. The topological polar surface area (TPSA) is 131 Å². The maximum absolute atomic E-state index is 12.1. The molecule has 0 aromatic rings. The van der Waals surface area contributed by atoms with E-state index in [0.717, 1.165) is 0 Å². The second-order valence-electron chi connectivity index (χ2n) is 5.03. The quantitative estimate of drug-likeness (QED) is 0.552. The Hall–Kier alpha value is -2.14. The maximum atomic E-state index is 12.1. The Kier molecular flexibility index (Phi) is 6.11. The minimum absolute atomic E-state index is 0.0690. The Morgan fingerprint density at radius 1 is 1.48 bits per heavy atom. The molecule has 0 radical (unpaired) electrons. The number of hydrogen-bond acceptors (Lipinski definition) is 5. The predicted octanol–water partition coefficient (Wildman–Crippen LogP) is -0.769. The Labute approximate surface area is 122 Å². The van der Waals surface area contributed by atoms with Crippen LogP contribution in [0.4, 0.5) is 0 Å². The van der Waals surface area contributed by atoms with Gasteiger partial charge in [0, 0.05) is 26.3 Å². The Morgan fingerprint density at radius 3 is 2.67 bits per heavy atom.